The van der Waals surface area contributed by atoms with Crippen LogP contribution < -0.4 is 10.6 Å². The van der Waals surface area contributed by atoms with Gasteiger partial charge >= 0.3 is 0 Å². The van der Waals surface area contributed by atoms with E-state index in [0.717, 1.165) is 13.1 Å². The molecule has 0 aliphatic carbocycles. The smallest absolute Gasteiger partial charge is 0.142 e. The van der Waals surface area contributed by atoms with Crippen LogP contribution in [0.5, 0.6) is 0 Å². The van der Waals surface area contributed by atoms with Crippen LogP contribution in [0.3, 0.4) is 0 Å². The first-order valence-corrected chi connectivity index (χ1v) is 6.38. The van der Waals surface area contributed by atoms with Crippen LogP contribution in [0.25, 0.3) is 0 Å². The van der Waals surface area contributed by atoms with E-state index in [0.29, 0.717) is 15.1 Å². The van der Waals surface area contributed by atoms with Gasteiger partial charge in [0.2, 0.25) is 0 Å². The minimum atomic E-state index is -0.238. The van der Waals surface area contributed by atoms with E-state index in [-0.39, 0.29) is 17.9 Å². The number of nitrogens with one attached hydrogen (secondary N) is 2. The third kappa shape index (κ3) is 2.40. The van der Waals surface area contributed by atoms with Gasteiger partial charge in [0.15, 0.2) is 0 Å². The Kier molecular flexibility index (Phi) is 3.85. The van der Waals surface area contributed by atoms with Gasteiger partial charge < -0.3 is 10.6 Å². The molecule has 1 aromatic rings. The largest absolute Gasteiger partial charge is 0.311 e. The molecule has 5 heteroatoms. The van der Waals surface area contributed by atoms with Gasteiger partial charge in [-0.1, -0.05) is 11.6 Å². The van der Waals surface area contributed by atoms with E-state index in [1.165, 1.54) is 0 Å². The molecular formula is C11H13BrClFN2. The standard InChI is InChI=1S/C11H13BrClFN2/c1-6-11(16-3-2-15-6)8-4-7(13)5-9(12)10(8)14/h4-6,11,15-16H,2-3H2,1H3. The maximum atomic E-state index is 14.0. The number of rotatable bonds is 1. The molecule has 1 saturated heterocycles. The van der Waals surface area contributed by atoms with Crippen molar-refractivity contribution in [1.82, 2.24) is 10.6 Å². The molecule has 0 radical (unpaired) electrons. The van der Waals surface area contributed by atoms with Crippen molar-refractivity contribution < 1.29 is 4.39 Å². The summed E-state index contributed by atoms with van der Waals surface area (Å²) >= 11 is 9.12. The molecule has 0 bridgehead atoms. The highest BCUT2D eigenvalue weighted by molar-refractivity contribution is 9.10. The van der Waals surface area contributed by atoms with Crippen LogP contribution in [-0.2, 0) is 0 Å². The summed E-state index contributed by atoms with van der Waals surface area (Å²) in [5, 5.41) is 7.15. The lowest BCUT2D eigenvalue weighted by Gasteiger charge is -2.32. The van der Waals surface area contributed by atoms with Crippen molar-refractivity contribution in [3.05, 3.63) is 33.0 Å². The molecule has 1 heterocycles. The SMILES string of the molecule is CC1NCCNC1c1cc(Cl)cc(Br)c1F. The van der Waals surface area contributed by atoms with Gasteiger partial charge in [-0.05, 0) is 35.0 Å². The summed E-state index contributed by atoms with van der Waals surface area (Å²) in [5.74, 6) is -0.238. The lowest BCUT2D eigenvalue weighted by molar-refractivity contribution is 0.337. The summed E-state index contributed by atoms with van der Waals surface area (Å²) in [4.78, 5) is 0. The predicted octanol–water partition coefficient (Wildman–Crippen LogP) is 2.86. The lowest BCUT2D eigenvalue weighted by Crippen LogP contribution is -2.49. The van der Waals surface area contributed by atoms with Crippen LogP contribution in [0, 0.1) is 5.82 Å². The Morgan fingerprint density at radius 3 is 2.75 bits per heavy atom. The second-order valence-electron chi connectivity index (χ2n) is 3.97. The van der Waals surface area contributed by atoms with E-state index in [4.69, 9.17) is 11.6 Å². The second kappa shape index (κ2) is 5.00. The Morgan fingerprint density at radius 2 is 2.06 bits per heavy atom. The Balaban J connectivity index is 2.38. The summed E-state index contributed by atoms with van der Waals surface area (Å²) in [7, 11) is 0. The van der Waals surface area contributed by atoms with Crippen molar-refractivity contribution >= 4 is 27.5 Å². The highest BCUT2D eigenvalue weighted by atomic mass is 79.9. The van der Waals surface area contributed by atoms with Gasteiger partial charge in [-0.15, -0.1) is 0 Å². The third-order valence-corrected chi connectivity index (χ3v) is 3.61. The predicted molar refractivity (Wildman–Crippen MR) is 67.3 cm³/mol. The van der Waals surface area contributed by atoms with Crippen molar-refractivity contribution in [1.29, 1.82) is 0 Å². The molecule has 2 atom stereocenters. The quantitative estimate of drug-likeness (QED) is 0.780. The average molecular weight is 308 g/mol. The zero-order valence-corrected chi connectivity index (χ0v) is 11.2. The minimum Gasteiger partial charge on any atom is -0.311 e. The molecule has 1 aromatic carbocycles. The molecule has 1 fully saturated rings. The zero-order chi connectivity index (χ0) is 11.7. The molecule has 0 spiro atoms. The van der Waals surface area contributed by atoms with E-state index >= 15 is 0 Å². The molecule has 1 aliphatic rings. The minimum absolute atomic E-state index is 0.0382. The van der Waals surface area contributed by atoms with E-state index in [2.05, 4.69) is 26.6 Å². The van der Waals surface area contributed by atoms with Crippen LogP contribution in [0.1, 0.15) is 18.5 Å². The van der Waals surface area contributed by atoms with Crippen LogP contribution >= 0.6 is 27.5 Å². The Bertz CT molecular complexity index is 400. The fraction of sp³-hybridized carbons (Fsp3) is 0.455. The van der Waals surface area contributed by atoms with Crippen molar-refractivity contribution in [2.45, 2.75) is 19.0 Å². The summed E-state index contributed by atoms with van der Waals surface area (Å²) in [6, 6.07) is 3.40. The molecule has 2 rings (SSSR count). The van der Waals surface area contributed by atoms with E-state index in [1.54, 1.807) is 12.1 Å². The van der Waals surface area contributed by atoms with Gasteiger partial charge in [0.1, 0.15) is 5.82 Å². The molecule has 2 nitrogen and oxygen atoms in total. The molecule has 1 aliphatic heterocycles. The Hall–Kier alpha value is -0.160. The number of benzene rings is 1. The molecule has 16 heavy (non-hydrogen) atoms. The molecule has 0 aromatic heterocycles. The van der Waals surface area contributed by atoms with Gasteiger partial charge in [0.25, 0.3) is 0 Å². The van der Waals surface area contributed by atoms with Crippen molar-refractivity contribution in [2.75, 3.05) is 13.1 Å². The number of piperazine rings is 1. The maximum absolute atomic E-state index is 14.0. The fourth-order valence-electron chi connectivity index (χ4n) is 2.00. The number of hydrogen-bond acceptors (Lipinski definition) is 2. The van der Waals surface area contributed by atoms with Gasteiger partial charge in [0.05, 0.1) is 10.5 Å². The van der Waals surface area contributed by atoms with Crippen LogP contribution in [0.2, 0.25) is 5.02 Å². The summed E-state index contributed by atoms with van der Waals surface area (Å²) in [6.45, 7) is 3.77. The number of halogens is 3. The van der Waals surface area contributed by atoms with Gasteiger partial charge in [-0.25, -0.2) is 4.39 Å². The molecule has 88 valence electrons. The average Bonchev–Trinajstić information content (AvgIpc) is 2.24. The first-order valence-electron chi connectivity index (χ1n) is 5.21. The summed E-state index contributed by atoms with van der Waals surface area (Å²) in [5.41, 5.74) is 0.610. The Labute approximate surface area is 108 Å². The van der Waals surface area contributed by atoms with Crippen molar-refractivity contribution in [2.24, 2.45) is 0 Å². The van der Waals surface area contributed by atoms with Crippen LogP contribution in [0.4, 0.5) is 4.39 Å². The van der Waals surface area contributed by atoms with Crippen molar-refractivity contribution in [3.63, 3.8) is 0 Å². The van der Waals surface area contributed by atoms with Crippen LogP contribution in [0.15, 0.2) is 16.6 Å². The topological polar surface area (TPSA) is 24.1 Å². The van der Waals surface area contributed by atoms with E-state index < -0.39 is 0 Å². The summed E-state index contributed by atoms with van der Waals surface area (Å²) < 4.78 is 14.4. The van der Waals surface area contributed by atoms with Gasteiger partial charge in [-0.2, -0.15) is 0 Å². The molecule has 0 saturated carbocycles. The highest BCUT2D eigenvalue weighted by Crippen LogP contribution is 2.30. The first kappa shape index (κ1) is 12.3. The molecule has 2 unspecified atom stereocenters. The van der Waals surface area contributed by atoms with E-state index in [1.807, 2.05) is 6.92 Å². The number of hydrogen-bond donors (Lipinski definition) is 2. The summed E-state index contributed by atoms with van der Waals surface area (Å²) in [6.07, 6.45) is 0. The monoisotopic (exact) mass is 306 g/mol. The highest BCUT2D eigenvalue weighted by Gasteiger charge is 2.25. The van der Waals surface area contributed by atoms with E-state index in [9.17, 15) is 4.39 Å². The lowest BCUT2D eigenvalue weighted by atomic mass is 9.98. The third-order valence-electron chi connectivity index (χ3n) is 2.81. The maximum Gasteiger partial charge on any atom is 0.142 e. The Morgan fingerprint density at radius 1 is 1.38 bits per heavy atom. The van der Waals surface area contributed by atoms with Gasteiger partial charge in [-0.3, -0.25) is 0 Å². The van der Waals surface area contributed by atoms with Crippen LogP contribution in [-0.4, -0.2) is 19.1 Å². The molecule has 0 amide bonds. The zero-order valence-electron chi connectivity index (χ0n) is 8.86. The fourth-order valence-corrected chi connectivity index (χ4v) is 2.84. The molecular weight excluding hydrogens is 294 g/mol. The molecule has 2 N–H and O–H groups in total. The van der Waals surface area contributed by atoms with Crippen molar-refractivity contribution in [3.8, 4) is 0 Å². The van der Waals surface area contributed by atoms with Gasteiger partial charge in [0, 0.05) is 29.7 Å². The normalized spacial score (nSPS) is 25.8. The first-order chi connectivity index (χ1) is 7.59. The second-order valence-corrected chi connectivity index (χ2v) is 5.26.